The number of carbonyl (C=O) groups is 2. The highest BCUT2D eigenvalue weighted by Crippen LogP contribution is 2.32. The predicted molar refractivity (Wildman–Crippen MR) is 98.1 cm³/mol. The molecule has 2 atom stereocenters. The second-order valence-corrected chi connectivity index (χ2v) is 7.87. The molecule has 0 N–H and O–H groups in total. The maximum absolute atomic E-state index is 12.5. The second kappa shape index (κ2) is 7.72. The minimum atomic E-state index is -0.500. The number of ether oxygens (including phenoxy) is 2. The maximum atomic E-state index is 12.5. The largest absolute Gasteiger partial charge is 0.454 e. The van der Waals surface area contributed by atoms with Gasteiger partial charge >= 0.3 is 5.97 Å². The van der Waals surface area contributed by atoms with Gasteiger partial charge in [-0.1, -0.05) is 12.1 Å². The fraction of sp³-hybridized carbons (Fsp3) is 0.526. The van der Waals surface area contributed by atoms with Gasteiger partial charge in [0.15, 0.2) is 12.7 Å². The van der Waals surface area contributed by atoms with Crippen molar-refractivity contribution in [3.63, 3.8) is 0 Å². The number of benzene rings is 1. The molecule has 7 heteroatoms. The molecule has 4 rings (SSSR count). The number of carbonyl (C=O) groups excluding carboxylic acids is 2. The van der Waals surface area contributed by atoms with E-state index in [1.54, 1.807) is 16.2 Å². The van der Waals surface area contributed by atoms with E-state index in [1.807, 2.05) is 18.2 Å². The van der Waals surface area contributed by atoms with Crippen LogP contribution in [0.25, 0.3) is 10.2 Å². The number of fused-ring (bicyclic) bond motifs is 1. The predicted octanol–water partition coefficient (Wildman–Crippen LogP) is 2.72. The minimum Gasteiger partial charge on any atom is -0.454 e. The van der Waals surface area contributed by atoms with Crippen LogP contribution in [0.3, 0.4) is 0 Å². The molecule has 0 spiro atoms. The van der Waals surface area contributed by atoms with Gasteiger partial charge in [-0.15, -0.1) is 11.3 Å². The van der Waals surface area contributed by atoms with Crippen LogP contribution in [0.15, 0.2) is 24.3 Å². The molecule has 1 amide bonds. The lowest BCUT2D eigenvalue weighted by atomic mass is 9.99. The summed E-state index contributed by atoms with van der Waals surface area (Å²) in [7, 11) is 0. The molecule has 26 heavy (non-hydrogen) atoms. The van der Waals surface area contributed by atoms with Crippen molar-refractivity contribution in [1.29, 1.82) is 0 Å². The Morgan fingerprint density at radius 1 is 1.27 bits per heavy atom. The maximum Gasteiger partial charge on any atom is 0.335 e. The van der Waals surface area contributed by atoms with Gasteiger partial charge in [0.25, 0.3) is 5.91 Å². The van der Waals surface area contributed by atoms with Gasteiger partial charge in [0, 0.05) is 25.6 Å². The highest BCUT2D eigenvalue weighted by Gasteiger charge is 2.29. The first-order chi connectivity index (χ1) is 12.7. The van der Waals surface area contributed by atoms with Gasteiger partial charge in [-0.3, -0.25) is 4.79 Å². The highest BCUT2D eigenvalue weighted by molar-refractivity contribution is 7.18. The molecule has 2 saturated heterocycles. The smallest absolute Gasteiger partial charge is 0.335 e. The van der Waals surface area contributed by atoms with Crippen molar-refractivity contribution in [2.75, 3.05) is 26.3 Å². The highest BCUT2D eigenvalue weighted by atomic mass is 32.1. The summed E-state index contributed by atoms with van der Waals surface area (Å²) in [5.74, 6) is -0.309. The van der Waals surface area contributed by atoms with Gasteiger partial charge in [0.2, 0.25) is 0 Å². The van der Waals surface area contributed by atoms with Crippen molar-refractivity contribution >= 4 is 33.4 Å². The van der Waals surface area contributed by atoms with Gasteiger partial charge in [0.1, 0.15) is 0 Å². The molecule has 0 aliphatic carbocycles. The number of rotatable bonds is 4. The Morgan fingerprint density at radius 2 is 2.15 bits per heavy atom. The molecule has 0 saturated carbocycles. The molecule has 2 fully saturated rings. The zero-order chi connectivity index (χ0) is 17.9. The molecule has 138 valence electrons. The molecular formula is C19H22N2O4S. The summed E-state index contributed by atoms with van der Waals surface area (Å²) in [5, 5.41) is 1.08. The van der Waals surface area contributed by atoms with Crippen LogP contribution in [0.2, 0.25) is 0 Å². The molecule has 1 aromatic carbocycles. The first kappa shape index (κ1) is 17.4. The van der Waals surface area contributed by atoms with E-state index in [-0.39, 0.29) is 18.4 Å². The summed E-state index contributed by atoms with van der Waals surface area (Å²) < 4.78 is 11.6. The summed E-state index contributed by atoms with van der Waals surface area (Å²) in [6, 6.07) is 8.10. The fourth-order valence-corrected chi connectivity index (χ4v) is 4.64. The number of amides is 1. The van der Waals surface area contributed by atoms with Crippen molar-refractivity contribution in [2.45, 2.75) is 37.7 Å². The van der Waals surface area contributed by atoms with E-state index in [9.17, 15) is 9.59 Å². The molecule has 2 aromatic rings. The van der Waals surface area contributed by atoms with Crippen molar-refractivity contribution in [3.05, 3.63) is 29.3 Å². The number of hydrogen-bond acceptors (Lipinski definition) is 6. The molecule has 6 nitrogen and oxygen atoms in total. The van der Waals surface area contributed by atoms with E-state index in [1.165, 1.54) is 4.70 Å². The van der Waals surface area contributed by atoms with Crippen LogP contribution in [0.1, 0.15) is 36.6 Å². The van der Waals surface area contributed by atoms with Crippen LogP contribution in [-0.4, -0.2) is 54.2 Å². The van der Waals surface area contributed by atoms with Crippen molar-refractivity contribution in [3.8, 4) is 0 Å². The van der Waals surface area contributed by atoms with Crippen LogP contribution in [0.5, 0.6) is 0 Å². The average molecular weight is 374 g/mol. The number of aromatic nitrogens is 1. The molecule has 0 unspecified atom stereocenters. The molecule has 2 aliphatic rings. The van der Waals surface area contributed by atoms with Gasteiger partial charge in [-0.05, 0) is 37.8 Å². The van der Waals surface area contributed by atoms with E-state index in [2.05, 4.69) is 6.07 Å². The number of para-hydroxylation sites is 1. The summed E-state index contributed by atoms with van der Waals surface area (Å²) in [6.45, 7) is 1.72. The standard InChI is InChI=1S/C19H22N2O4S/c22-17(12-25-19(23)15-7-4-10-24-15)21-9-3-5-13(11-21)18-20-14-6-1-2-8-16(14)26-18/h1-2,6,8,13,15H,3-5,7,9-12H2/t13-,15+/m1/s1. The topological polar surface area (TPSA) is 68.7 Å². The Balaban J connectivity index is 1.35. The minimum absolute atomic E-state index is 0.137. The quantitative estimate of drug-likeness (QED) is 0.770. The van der Waals surface area contributed by atoms with E-state index < -0.39 is 12.1 Å². The number of hydrogen-bond donors (Lipinski definition) is 0. The summed E-state index contributed by atoms with van der Waals surface area (Å²) in [6.07, 6.45) is 3.01. The molecular weight excluding hydrogens is 352 g/mol. The molecule has 1 aromatic heterocycles. The third-order valence-corrected chi connectivity index (χ3v) is 6.16. The third-order valence-electron chi connectivity index (χ3n) is 4.96. The van der Waals surface area contributed by atoms with Crippen LogP contribution in [0.4, 0.5) is 0 Å². The Bertz CT molecular complexity index is 767. The van der Waals surface area contributed by atoms with E-state index >= 15 is 0 Å². The average Bonchev–Trinajstić information content (AvgIpc) is 3.35. The Morgan fingerprint density at radius 3 is 2.96 bits per heavy atom. The van der Waals surface area contributed by atoms with Crippen LogP contribution in [0, 0.1) is 0 Å². The number of nitrogens with zero attached hydrogens (tertiary/aromatic N) is 2. The lowest BCUT2D eigenvalue weighted by Crippen LogP contribution is -2.41. The van der Waals surface area contributed by atoms with Gasteiger partial charge in [0.05, 0.1) is 15.2 Å². The van der Waals surface area contributed by atoms with E-state index in [0.717, 1.165) is 29.8 Å². The van der Waals surface area contributed by atoms with Gasteiger partial charge in [-0.2, -0.15) is 0 Å². The lowest BCUT2D eigenvalue weighted by molar-refractivity contribution is -0.160. The SMILES string of the molecule is O=C(OCC(=O)N1CCC[C@@H](c2nc3ccccc3s2)C1)[C@@H]1CCCO1. The lowest BCUT2D eigenvalue weighted by Gasteiger charge is -2.31. The van der Waals surface area contributed by atoms with E-state index in [4.69, 9.17) is 14.5 Å². The monoisotopic (exact) mass is 374 g/mol. The fourth-order valence-electron chi connectivity index (χ4n) is 3.55. The summed E-state index contributed by atoms with van der Waals surface area (Å²) in [5.41, 5.74) is 1.02. The van der Waals surface area contributed by atoms with Crippen LogP contribution >= 0.6 is 11.3 Å². The Kier molecular flexibility index (Phi) is 5.17. The number of thiazole rings is 1. The Labute approximate surface area is 156 Å². The van der Waals surface area contributed by atoms with E-state index in [0.29, 0.717) is 26.1 Å². The zero-order valence-electron chi connectivity index (χ0n) is 14.6. The summed E-state index contributed by atoms with van der Waals surface area (Å²) >= 11 is 1.70. The van der Waals surface area contributed by atoms with Crippen LogP contribution in [-0.2, 0) is 19.1 Å². The van der Waals surface area contributed by atoms with Gasteiger partial charge in [-0.25, -0.2) is 9.78 Å². The molecule has 0 bridgehead atoms. The first-order valence-corrected chi connectivity index (χ1v) is 9.94. The van der Waals surface area contributed by atoms with Crippen LogP contribution < -0.4 is 0 Å². The van der Waals surface area contributed by atoms with Crippen molar-refractivity contribution in [1.82, 2.24) is 9.88 Å². The summed E-state index contributed by atoms with van der Waals surface area (Å²) in [4.78, 5) is 30.9. The van der Waals surface area contributed by atoms with Crippen molar-refractivity contribution < 1.29 is 19.1 Å². The molecule has 0 radical (unpaired) electrons. The number of esters is 1. The van der Waals surface area contributed by atoms with Crippen molar-refractivity contribution in [2.24, 2.45) is 0 Å². The molecule has 2 aliphatic heterocycles. The number of likely N-dealkylation sites (tertiary alicyclic amines) is 1. The Hall–Kier alpha value is -1.99. The van der Waals surface area contributed by atoms with Gasteiger partial charge < -0.3 is 14.4 Å². The normalized spacial score (nSPS) is 23.3. The first-order valence-electron chi connectivity index (χ1n) is 9.12. The zero-order valence-corrected chi connectivity index (χ0v) is 15.4. The molecule has 3 heterocycles. The number of piperidine rings is 1. The third kappa shape index (κ3) is 3.73. The second-order valence-electron chi connectivity index (χ2n) is 6.81.